The summed E-state index contributed by atoms with van der Waals surface area (Å²) in [4.78, 5) is 34.2. The lowest BCUT2D eigenvalue weighted by atomic mass is 9.79. The Morgan fingerprint density at radius 1 is 0.935 bits per heavy atom. The van der Waals surface area contributed by atoms with Crippen molar-refractivity contribution in [2.45, 2.75) is 56.1 Å². The number of Topliss-reactive ketones (excluding diaryl/α,β-unsaturated/α-hetero) is 2. The van der Waals surface area contributed by atoms with Crippen LogP contribution in [0.25, 0.3) is 0 Å². The zero-order valence-corrected chi connectivity index (χ0v) is 18.2. The van der Waals surface area contributed by atoms with Gasteiger partial charge in [0.25, 0.3) is 0 Å². The summed E-state index contributed by atoms with van der Waals surface area (Å²) in [7, 11) is 0. The Balaban J connectivity index is 1.62. The number of unbranched alkanes of at least 4 members (excludes halogenated alkanes) is 4. The first kappa shape index (κ1) is 20.2. The maximum Gasteiger partial charge on any atom is 0.212 e. The molecule has 0 fully saturated rings. The number of aliphatic hydroxyl groups is 1. The molecule has 5 nitrogen and oxygen atoms in total. The second kappa shape index (κ2) is 7.77. The highest BCUT2D eigenvalue weighted by Gasteiger charge is 2.54. The number of hydrogen-bond donors (Lipinski definition) is 1. The maximum atomic E-state index is 13.6. The number of benzene rings is 2. The van der Waals surface area contributed by atoms with E-state index in [-0.39, 0.29) is 22.8 Å². The summed E-state index contributed by atoms with van der Waals surface area (Å²) in [6, 6.07) is 14.6. The standard InChI is InChI=1S/C25H24N2O3S/c1-2-3-4-5-10-15-25(30)20-21(23(29)17-12-7-6-11-16(17)22(20)28)26-24-27(25)18-13-8-9-14-19(18)31-24/h6-9,11-14,30H,2-5,10,15H2,1H3. The first-order valence-electron chi connectivity index (χ1n) is 10.9. The summed E-state index contributed by atoms with van der Waals surface area (Å²) in [5.74, 6) is -0.600. The zero-order valence-electron chi connectivity index (χ0n) is 17.4. The lowest BCUT2D eigenvalue weighted by Crippen LogP contribution is -2.56. The molecule has 0 bridgehead atoms. The van der Waals surface area contributed by atoms with Crippen molar-refractivity contribution in [2.24, 2.45) is 4.99 Å². The van der Waals surface area contributed by atoms with Gasteiger partial charge in [-0.05, 0) is 30.3 Å². The van der Waals surface area contributed by atoms with E-state index in [9.17, 15) is 14.7 Å². The van der Waals surface area contributed by atoms with Crippen LogP contribution in [-0.2, 0) is 0 Å². The molecule has 0 amide bonds. The van der Waals surface area contributed by atoms with E-state index in [0.29, 0.717) is 22.7 Å². The molecular formula is C25H24N2O3S. The van der Waals surface area contributed by atoms with E-state index < -0.39 is 5.72 Å². The van der Waals surface area contributed by atoms with Gasteiger partial charge >= 0.3 is 0 Å². The Hall–Kier alpha value is -2.70. The molecule has 0 saturated carbocycles. The number of hydrogen-bond acceptors (Lipinski definition) is 6. The van der Waals surface area contributed by atoms with Crippen molar-refractivity contribution in [1.29, 1.82) is 0 Å². The predicted molar refractivity (Wildman–Crippen MR) is 123 cm³/mol. The molecule has 2 heterocycles. The summed E-state index contributed by atoms with van der Waals surface area (Å²) in [6.07, 6.45) is 5.45. The number of anilines is 1. The lowest BCUT2D eigenvalue weighted by Gasteiger charge is -2.43. The number of aliphatic imine (C=N–C) groups is 1. The van der Waals surface area contributed by atoms with Crippen LogP contribution in [0.2, 0.25) is 0 Å². The van der Waals surface area contributed by atoms with Crippen LogP contribution in [0.3, 0.4) is 0 Å². The van der Waals surface area contributed by atoms with Gasteiger partial charge in [0.1, 0.15) is 5.70 Å². The quantitative estimate of drug-likeness (QED) is 0.623. The molecule has 2 aromatic rings. The van der Waals surface area contributed by atoms with Crippen molar-refractivity contribution in [1.82, 2.24) is 0 Å². The van der Waals surface area contributed by atoms with E-state index in [1.54, 1.807) is 29.2 Å². The third-order valence-electron chi connectivity index (χ3n) is 6.20. The topological polar surface area (TPSA) is 70.0 Å². The Morgan fingerprint density at radius 3 is 2.39 bits per heavy atom. The van der Waals surface area contributed by atoms with Crippen molar-refractivity contribution in [2.75, 3.05) is 4.90 Å². The van der Waals surface area contributed by atoms with Crippen LogP contribution < -0.4 is 4.90 Å². The van der Waals surface area contributed by atoms with Gasteiger partial charge in [0, 0.05) is 22.4 Å². The van der Waals surface area contributed by atoms with Crippen molar-refractivity contribution in [3.05, 3.63) is 70.9 Å². The number of para-hydroxylation sites is 1. The summed E-state index contributed by atoms with van der Waals surface area (Å²) in [6.45, 7) is 2.16. The average Bonchev–Trinajstić information content (AvgIpc) is 3.16. The minimum absolute atomic E-state index is 0.0892. The van der Waals surface area contributed by atoms with Crippen LogP contribution in [0.15, 0.2) is 69.7 Å². The van der Waals surface area contributed by atoms with Crippen LogP contribution in [-0.4, -0.2) is 27.6 Å². The van der Waals surface area contributed by atoms with Crippen LogP contribution in [0.5, 0.6) is 0 Å². The van der Waals surface area contributed by atoms with Gasteiger partial charge in [0.2, 0.25) is 5.78 Å². The second-order valence-electron chi connectivity index (χ2n) is 8.21. The number of ketones is 2. The fourth-order valence-electron chi connectivity index (χ4n) is 4.67. The molecule has 0 radical (unpaired) electrons. The minimum Gasteiger partial charge on any atom is -0.366 e. The van der Waals surface area contributed by atoms with Gasteiger partial charge in [-0.15, -0.1) is 0 Å². The van der Waals surface area contributed by atoms with E-state index in [0.717, 1.165) is 42.7 Å². The number of thioether (sulfide) groups is 1. The molecule has 6 heteroatoms. The molecule has 2 aromatic carbocycles. The van der Waals surface area contributed by atoms with Crippen molar-refractivity contribution >= 4 is 34.2 Å². The van der Waals surface area contributed by atoms with Crippen LogP contribution in [0, 0.1) is 0 Å². The summed E-state index contributed by atoms with van der Waals surface area (Å²) >= 11 is 1.43. The number of allylic oxidation sites excluding steroid dienone is 1. The number of rotatable bonds is 6. The van der Waals surface area contributed by atoms with E-state index in [4.69, 9.17) is 0 Å². The summed E-state index contributed by atoms with van der Waals surface area (Å²) in [5, 5.41) is 12.7. The Kier molecular flexibility index (Phi) is 5.07. The molecule has 1 N–H and O–H groups in total. The van der Waals surface area contributed by atoms with E-state index in [1.165, 1.54) is 11.8 Å². The first-order chi connectivity index (χ1) is 15.1. The van der Waals surface area contributed by atoms with Gasteiger partial charge in [-0.2, -0.15) is 0 Å². The van der Waals surface area contributed by atoms with Gasteiger partial charge in [0.05, 0.1) is 11.3 Å². The van der Waals surface area contributed by atoms with Crippen LogP contribution in [0.4, 0.5) is 5.69 Å². The minimum atomic E-state index is -1.60. The highest BCUT2D eigenvalue weighted by molar-refractivity contribution is 8.14. The Morgan fingerprint density at radius 2 is 1.61 bits per heavy atom. The van der Waals surface area contributed by atoms with Gasteiger partial charge in [-0.3, -0.25) is 14.5 Å². The smallest absolute Gasteiger partial charge is 0.212 e. The molecule has 3 aliphatic rings. The fraction of sp³-hybridized carbons (Fsp3) is 0.320. The maximum absolute atomic E-state index is 13.6. The van der Waals surface area contributed by atoms with E-state index >= 15 is 0 Å². The molecular weight excluding hydrogens is 408 g/mol. The molecule has 0 spiro atoms. The number of fused-ring (bicyclic) bond motifs is 4. The second-order valence-corrected chi connectivity index (χ2v) is 9.22. The third-order valence-corrected chi connectivity index (χ3v) is 7.22. The van der Waals surface area contributed by atoms with Crippen molar-refractivity contribution in [3.8, 4) is 0 Å². The van der Waals surface area contributed by atoms with Gasteiger partial charge in [-0.25, -0.2) is 4.99 Å². The number of carbonyl (C=O) groups is 2. The molecule has 0 saturated heterocycles. The highest BCUT2D eigenvalue weighted by Crippen LogP contribution is 2.51. The molecule has 158 valence electrons. The van der Waals surface area contributed by atoms with Crippen LogP contribution >= 0.6 is 11.8 Å². The molecule has 0 aromatic heterocycles. The zero-order chi connectivity index (χ0) is 21.6. The number of carbonyl (C=O) groups excluding carboxylic acids is 2. The van der Waals surface area contributed by atoms with Gasteiger partial charge in [-0.1, -0.05) is 69.0 Å². The fourth-order valence-corrected chi connectivity index (χ4v) is 5.75. The molecule has 5 rings (SSSR count). The Labute approximate surface area is 185 Å². The molecule has 1 unspecified atom stereocenters. The molecule has 1 atom stereocenters. The normalized spacial score (nSPS) is 21.5. The lowest BCUT2D eigenvalue weighted by molar-refractivity contribution is 0.0612. The SMILES string of the molecule is CCCCCCCC1(O)C2=C(N=C3Sc4ccccc4N31)C(=O)c1ccccc1C2=O. The van der Waals surface area contributed by atoms with Crippen molar-refractivity contribution < 1.29 is 14.7 Å². The monoisotopic (exact) mass is 432 g/mol. The first-order valence-corrected chi connectivity index (χ1v) is 11.7. The summed E-state index contributed by atoms with van der Waals surface area (Å²) < 4.78 is 0. The molecule has 31 heavy (non-hydrogen) atoms. The van der Waals surface area contributed by atoms with Crippen LogP contribution in [0.1, 0.15) is 66.2 Å². The Bertz CT molecular complexity index is 1150. The highest BCUT2D eigenvalue weighted by atomic mass is 32.2. The van der Waals surface area contributed by atoms with E-state index in [1.807, 2.05) is 24.3 Å². The largest absolute Gasteiger partial charge is 0.366 e. The van der Waals surface area contributed by atoms with Gasteiger partial charge < -0.3 is 5.11 Å². The number of nitrogens with zero attached hydrogens (tertiary/aromatic N) is 2. The third kappa shape index (κ3) is 3.08. The number of amidine groups is 1. The molecule has 1 aliphatic carbocycles. The summed E-state index contributed by atoms with van der Waals surface area (Å²) in [5.41, 5.74) is 0.134. The van der Waals surface area contributed by atoms with E-state index in [2.05, 4.69) is 11.9 Å². The van der Waals surface area contributed by atoms with Crippen molar-refractivity contribution in [3.63, 3.8) is 0 Å². The average molecular weight is 433 g/mol. The predicted octanol–water partition coefficient (Wildman–Crippen LogP) is 5.35. The molecule has 2 aliphatic heterocycles. The van der Waals surface area contributed by atoms with Gasteiger partial charge in [0.15, 0.2) is 16.7 Å².